The second-order valence-electron chi connectivity index (χ2n) is 13.0. The fourth-order valence-corrected chi connectivity index (χ4v) is 6.10. The van der Waals surface area contributed by atoms with Gasteiger partial charge in [-0.05, 0) is 42.0 Å². The first-order chi connectivity index (χ1) is 24.9. The van der Waals surface area contributed by atoms with E-state index in [0.717, 1.165) is 0 Å². The Morgan fingerprint density at radius 1 is 0.712 bits per heavy atom. The summed E-state index contributed by atoms with van der Waals surface area (Å²) in [6, 6.07) is 8.65. The predicted molar refractivity (Wildman–Crippen MR) is 187 cm³/mol. The van der Waals surface area contributed by atoms with Gasteiger partial charge in [-0.15, -0.1) is 0 Å². The van der Waals surface area contributed by atoms with Crippen molar-refractivity contribution >= 4 is 41.4 Å². The van der Waals surface area contributed by atoms with E-state index in [4.69, 9.17) is 0 Å². The summed E-state index contributed by atoms with van der Waals surface area (Å²) in [5, 5.41) is 35.5. The normalized spacial score (nSPS) is 24.9. The van der Waals surface area contributed by atoms with E-state index in [0.29, 0.717) is 24.0 Å². The van der Waals surface area contributed by atoms with Crippen molar-refractivity contribution in [2.45, 2.75) is 76.2 Å². The highest BCUT2D eigenvalue weighted by Gasteiger charge is 2.39. The number of phenolic OH excluding ortho intramolecular Hbond substituents is 1. The highest BCUT2D eigenvalue weighted by molar-refractivity contribution is 5.97. The first-order valence-corrected chi connectivity index (χ1v) is 17.4. The van der Waals surface area contributed by atoms with Crippen LogP contribution >= 0.6 is 0 Å². The largest absolute Gasteiger partial charge is 0.508 e. The van der Waals surface area contributed by atoms with Crippen molar-refractivity contribution in [1.29, 1.82) is 0 Å². The lowest BCUT2D eigenvalue weighted by molar-refractivity contribution is -0.143. The monoisotopic (exact) mass is 721 g/mol. The Bertz CT molecular complexity index is 1600. The van der Waals surface area contributed by atoms with Gasteiger partial charge >= 0.3 is 0 Å². The molecular weight excluding hydrogens is 674 g/mol. The lowest BCUT2D eigenvalue weighted by Crippen LogP contribution is -2.60. The minimum Gasteiger partial charge on any atom is -0.508 e. The molecule has 7 amide bonds. The minimum absolute atomic E-state index is 0.0145. The van der Waals surface area contributed by atoms with Crippen LogP contribution in [0.4, 0.5) is 0 Å². The van der Waals surface area contributed by atoms with Crippen LogP contribution in [0.25, 0.3) is 0 Å². The molecule has 0 radical (unpaired) electrons. The van der Waals surface area contributed by atoms with E-state index in [1.54, 1.807) is 49.4 Å². The number of nitrogens with one attached hydrogen (secondary N) is 6. The van der Waals surface area contributed by atoms with Crippen LogP contribution in [0, 0.1) is 5.92 Å². The Morgan fingerprint density at radius 2 is 1.27 bits per heavy atom. The molecule has 0 bridgehead atoms. The number of phenols is 1. The number of hydrogen-bond acceptors (Lipinski definition) is 9. The highest BCUT2D eigenvalue weighted by Crippen LogP contribution is 2.19. The molecule has 2 fully saturated rings. The molecule has 2 aromatic rings. The summed E-state index contributed by atoms with van der Waals surface area (Å²) in [4.78, 5) is 95.1. The number of carbonyl (C=O) groups excluding carboxylic acids is 7. The third-order valence-corrected chi connectivity index (χ3v) is 9.24. The highest BCUT2D eigenvalue weighted by atomic mass is 16.3. The molecule has 0 aliphatic carbocycles. The molecule has 2 aliphatic rings. The number of benzene rings is 2. The Hall–Kier alpha value is -5.51. The van der Waals surface area contributed by atoms with Gasteiger partial charge in [-0.1, -0.05) is 62.7 Å². The maximum Gasteiger partial charge on any atom is 0.248 e. The van der Waals surface area contributed by atoms with Crippen LogP contribution in [0.3, 0.4) is 0 Å². The standard InChI is InChI=1S/C36H47N7O9/c1-3-21(2)31-35(51)38-18-29(46)39-25(16-22-8-5-4-6-9-22)32(48)40-26(17-23-11-13-24(45)14-12-23)33(49)41-27(20-44)36(52)43-15-7-10-28(43)34(50)37-19-30(47)42-31/h4-6,8-9,11-14,21,25-28,31,44-45H,3,7,10,15-20H2,1-2H3,(H,37,50)(H,38,51)(H,39,46)(H,40,48)(H,41,49)(H,42,47)/t21?,25-,26-,27-,28-,31-/m0/s1. The van der Waals surface area contributed by atoms with E-state index in [-0.39, 0.29) is 37.5 Å². The summed E-state index contributed by atoms with van der Waals surface area (Å²) >= 11 is 0. The van der Waals surface area contributed by atoms with Crippen molar-refractivity contribution in [1.82, 2.24) is 36.8 Å². The number of aliphatic hydroxyl groups excluding tert-OH is 1. The number of rotatable bonds is 7. The number of aromatic hydroxyl groups is 1. The average Bonchev–Trinajstić information content (AvgIpc) is 3.64. The van der Waals surface area contributed by atoms with Crippen LogP contribution in [0.2, 0.25) is 0 Å². The van der Waals surface area contributed by atoms with Crippen LogP contribution in [0.5, 0.6) is 5.75 Å². The second kappa shape index (κ2) is 18.6. The molecule has 4 rings (SSSR count). The third-order valence-electron chi connectivity index (χ3n) is 9.24. The van der Waals surface area contributed by atoms with Gasteiger partial charge in [0.15, 0.2) is 0 Å². The fourth-order valence-electron chi connectivity index (χ4n) is 6.10. The zero-order chi connectivity index (χ0) is 37.8. The SMILES string of the molecule is CCC(C)[C@@H]1NC(=O)CNC(=O)[C@@H]2CCCN2C(=O)[C@H](CO)NC(=O)[C@H](Cc2ccc(O)cc2)NC(=O)[C@H](Cc2ccccc2)NC(=O)CNC1=O. The van der Waals surface area contributed by atoms with Crippen molar-refractivity contribution in [3.05, 3.63) is 65.7 Å². The van der Waals surface area contributed by atoms with Gasteiger partial charge in [0.2, 0.25) is 41.4 Å². The van der Waals surface area contributed by atoms with Crippen LogP contribution in [0.15, 0.2) is 54.6 Å². The number of carbonyl (C=O) groups is 7. The summed E-state index contributed by atoms with van der Waals surface area (Å²) < 4.78 is 0. The van der Waals surface area contributed by atoms with Crippen molar-refractivity contribution in [3.8, 4) is 5.75 Å². The second-order valence-corrected chi connectivity index (χ2v) is 13.0. The van der Waals surface area contributed by atoms with Gasteiger partial charge in [-0.3, -0.25) is 33.6 Å². The van der Waals surface area contributed by atoms with E-state index >= 15 is 0 Å². The summed E-state index contributed by atoms with van der Waals surface area (Å²) in [6.45, 7) is 1.88. The number of nitrogens with zero attached hydrogens (tertiary/aromatic N) is 1. The Labute approximate surface area is 301 Å². The van der Waals surface area contributed by atoms with E-state index in [9.17, 15) is 43.8 Å². The predicted octanol–water partition coefficient (Wildman–Crippen LogP) is -1.61. The Kier molecular flexibility index (Phi) is 14.1. The zero-order valence-electron chi connectivity index (χ0n) is 29.2. The lowest BCUT2D eigenvalue weighted by atomic mass is 9.98. The van der Waals surface area contributed by atoms with Crippen molar-refractivity contribution < 1.29 is 43.8 Å². The van der Waals surface area contributed by atoms with Gasteiger partial charge in [0.1, 0.15) is 36.0 Å². The molecule has 0 spiro atoms. The first kappa shape index (κ1) is 39.3. The van der Waals surface area contributed by atoms with Crippen LogP contribution in [-0.4, -0.2) is 113 Å². The number of hydrogen-bond donors (Lipinski definition) is 8. The van der Waals surface area contributed by atoms with Crippen molar-refractivity contribution in [2.24, 2.45) is 5.92 Å². The Morgan fingerprint density at radius 3 is 1.88 bits per heavy atom. The zero-order valence-corrected chi connectivity index (χ0v) is 29.2. The van der Waals surface area contributed by atoms with Gasteiger partial charge in [-0.25, -0.2) is 0 Å². The van der Waals surface area contributed by atoms with E-state index < -0.39 is 91.3 Å². The number of fused-ring (bicyclic) bond motifs is 1. The van der Waals surface area contributed by atoms with Crippen molar-refractivity contribution in [2.75, 3.05) is 26.2 Å². The summed E-state index contributed by atoms with van der Waals surface area (Å²) in [5.74, 6) is -5.34. The molecule has 52 heavy (non-hydrogen) atoms. The van der Waals surface area contributed by atoms with Crippen LogP contribution in [-0.2, 0) is 46.4 Å². The summed E-state index contributed by atoms with van der Waals surface area (Å²) in [6.07, 6.45) is 1.14. The summed E-state index contributed by atoms with van der Waals surface area (Å²) in [5.41, 5.74) is 1.23. The van der Waals surface area contributed by atoms with Gasteiger partial charge in [-0.2, -0.15) is 0 Å². The average molecular weight is 722 g/mol. The van der Waals surface area contributed by atoms with Crippen LogP contribution < -0.4 is 31.9 Å². The molecule has 2 saturated heterocycles. The molecule has 1 unspecified atom stereocenters. The maximum atomic E-state index is 13.9. The first-order valence-electron chi connectivity index (χ1n) is 17.4. The molecule has 2 aliphatic heterocycles. The third kappa shape index (κ3) is 10.7. The molecule has 16 heteroatoms. The van der Waals surface area contributed by atoms with Gasteiger partial charge in [0.05, 0.1) is 19.7 Å². The number of aliphatic hydroxyl groups is 1. The fraction of sp³-hybridized carbons (Fsp3) is 0.472. The molecular formula is C36H47N7O9. The molecule has 0 saturated carbocycles. The number of amides is 7. The van der Waals surface area contributed by atoms with E-state index in [2.05, 4.69) is 31.9 Å². The van der Waals surface area contributed by atoms with E-state index in [1.807, 2.05) is 6.92 Å². The van der Waals surface area contributed by atoms with Crippen molar-refractivity contribution in [3.63, 3.8) is 0 Å². The minimum atomic E-state index is -1.48. The topological polar surface area (TPSA) is 235 Å². The van der Waals surface area contributed by atoms with Gasteiger partial charge < -0.3 is 47.0 Å². The molecule has 16 nitrogen and oxygen atoms in total. The Balaban J connectivity index is 1.68. The summed E-state index contributed by atoms with van der Waals surface area (Å²) in [7, 11) is 0. The molecule has 8 N–H and O–H groups in total. The van der Waals surface area contributed by atoms with E-state index in [1.165, 1.54) is 17.0 Å². The van der Waals surface area contributed by atoms with Crippen LogP contribution in [0.1, 0.15) is 44.2 Å². The molecule has 0 aromatic heterocycles. The smallest absolute Gasteiger partial charge is 0.248 e. The molecule has 280 valence electrons. The lowest BCUT2D eigenvalue weighted by Gasteiger charge is -2.29. The van der Waals surface area contributed by atoms with Gasteiger partial charge in [0, 0.05) is 19.4 Å². The molecule has 2 heterocycles. The molecule has 2 aromatic carbocycles. The quantitative estimate of drug-likeness (QED) is 0.164. The molecule has 6 atom stereocenters. The maximum absolute atomic E-state index is 13.9. The van der Waals surface area contributed by atoms with Gasteiger partial charge in [0.25, 0.3) is 0 Å².